The molecule has 1 aliphatic rings. The molecule has 1 atom stereocenters. The lowest BCUT2D eigenvalue weighted by atomic mass is 10.1. The molecule has 154 valence electrons. The fourth-order valence-corrected chi connectivity index (χ4v) is 3.57. The number of aromatic nitrogens is 3. The number of pyridine rings is 1. The number of benzene rings is 1. The van der Waals surface area contributed by atoms with E-state index in [-0.39, 0.29) is 11.6 Å². The number of hydrogen-bond donors (Lipinski definition) is 2. The maximum absolute atomic E-state index is 14.2. The van der Waals surface area contributed by atoms with Crippen LogP contribution in [0.4, 0.5) is 10.3 Å². The molecule has 1 unspecified atom stereocenters. The van der Waals surface area contributed by atoms with Crippen molar-refractivity contribution in [2.75, 3.05) is 24.5 Å². The Morgan fingerprint density at radius 1 is 1.27 bits per heavy atom. The van der Waals surface area contributed by atoms with E-state index in [4.69, 9.17) is 5.73 Å². The van der Waals surface area contributed by atoms with Crippen molar-refractivity contribution in [2.45, 2.75) is 18.9 Å². The summed E-state index contributed by atoms with van der Waals surface area (Å²) in [5.74, 6) is -0.344. The summed E-state index contributed by atoms with van der Waals surface area (Å²) in [7, 11) is 0. The molecule has 0 spiro atoms. The van der Waals surface area contributed by atoms with Crippen molar-refractivity contribution in [2.24, 2.45) is 5.73 Å². The first-order chi connectivity index (χ1) is 14.6. The van der Waals surface area contributed by atoms with Gasteiger partial charge in [-0.1, -0.05) is 6.07 Å². The van der Waals surface area contributed by atoms with Crippen molar-refractivity contribution in [3.05, 3.63) is 71.9 Å². The molecule has 1 saturated heterocycles. The number of nitrogens with two attached hydrogens (primary N) is 1. The fraction of sp³-hybridized carbons (Fsp3) is 0.273. The highest BCUT2D eigenvalue weighted by Gasteiger charge is 2.27. The third-order valence-corrected chi connectivity index (χ3v) is 5.11. The summed E-state index contributed by atoms with van der Waals surface area (Å²) in [6, 6.07) is 10.1. The van der Waals surface area contributed by atoms with E-state index >= 15 is 0 Å². The lowest BCUT2D eigenvalue weighted by Gasteiger charge is -2.17. The van der Waals surface area contributed by atoms with Crippen molar-refractivity contribution >= 4 is 11.9 Å². The Bertz CT molecular complexity index is 1030. The molecule has 30 heavy (non-hydrogen) atoms. The molecule has 0 saturated carbocycles. The summed E-state index contributed by atoms with van der Waals surface area (Å²) in [6.07, 6.45) is 6.52. The van der Waals surface area contributed by atoms with E-state index in [0.29, 0.717) is 32.0 Å². The highest BCUT2D eigenvalue weighted by atomic mass is 19.1. The van der Waals surface area contributed by atoms with Gasteiger partial charge in [-0.05, 0) is 55.3 Å². The van der Waals surface area contributed by atoms with Crippen LogP contribution >= 0.6 is 0 Å². The van der Waals surface area contributed by atoms with Crippen molar-refractivity contribution in [3.63, 3.8) is 0 Å². The van der Waals surface area contributed by atoms with Crippen molar-refractivity contribution < 1.29 is 9.18 Å². The van der Waals surface area contributed by atoms with Gasteiger partial charge in [0.25, 0.3) is 5.91 Å². The summed E-state index contributed by atoms with van der Waals surface area (Å²) in [5, 5.41) is 2.93. The second-order valence-corrected chi connectivity index (χ2v) is 7.24. The van der Waals surface area contributed by atoms with Gasteiger partial charge in [0.05, 0.1) is 11.3 Å². The minimum absolute atomic E-state index is 0.0502. The Morgan fingerprint density at radius 2 is 2.17 bits per heavy atom. The smallest absolute Gasteiger partial charge is 0.254 e. The lowest BCUT2D eigenvalue weighted by molar-refractivity contribution is 0.0936. The Hall–Kier alpha value is -3.39. The van der Waals surface area contributed by atoms with Crippen LogP contribution in [-0.4, -0.2) is 46.5 Å². The summed E-state index contributed by atoms with van der Waals surface area (Å²) in [4.78, 5) is 27.8. The normalized spacial score (nSPS) is 15.9. The largest absolute Gasteiger partial charge is 0.347 e. The van der Waals surface area contributed by atoms with Crippen LogP contribution in [0.1, 0.15) is 22.3 Å². The number of halogens is 1. The number of hydrogen-bond acceptors (Lipinski definition) is 6. The van der Waals surface area contributed by atoms with Crippen molar-refractivity contribution in [3.8, 4) is 11.3 Å². The minimum Gasteiger partial charge on any atom is -0.347 e. The van der Waals surface area contributed by atoms with Crippen LogP contribution in [0.5, 0.6) is 0 Å². The molecule has 2 aromatic heterocycles. The number of amides is 1. The molecule has 0 radical (unpaired) electrons. The van der Waals surface area contributed by atoms with Gasteiger partial charge in [0, 0.05) is 43.3 Å². The zero-order valence-corrected chi connectivity index (χ0v) is 16.5. The molecule has 1 fully saturated rings. The third kappa shape index (κ3) is 4.44. The van der Waals surface area contributed by atoms with Crippen LogP contribution in [0, 0.1) is 5.82 Å². The van der Waals surface area contributed by atoms with E-state index in [0.717, 1.165) is 23.2 Å². The summed E-state index contributed by atoms with van der Waals surface area (Å²) >= 11 is 0. The lowest BCUT2D eigenvalue weighted by Crippen LogP contribution is -2.37. The molecular weight excluding hydrogens is 383 g/mol. The minimum atomic E-state index is -0.532. The van der Waals surface area contributed by atoms with Crippen LogP contribution < -0.4 is 16.0 Å². The van der Waals surface area contributed by atoms with E-state index in [2.05, 4.69) is 20.3 Å². The van der Waals surface area contributed by atoms with E-state index in [9.17, 15) is 9.18 Å². The molecule has 1 aromatic carbocycles. The number of rotatable bonds is 6. The van der Waals surface area contributed by atoms with Gasteiger partial charge in [0.15, 0.2) is 0 Å². The third-order valence-electron chi connectivity index (χ3n) is 5.11. The summed E-state index contributed by atoms with van der Waals surface area (Å²) in [5.41, 5.74) is 8.16. The predicted octanol–water partition coefficient (Wildman–Crippen LogP) is 2.19. The standard InChI is InChI=1S/C22H23FN6O/c23-19-4-3-15(5-8-24)12-18(19)21(30)27-17-7-11-29(14-17)22-26-10-6-20(28-22)16-2-1-9-25-13-16/h1-4,6,9-10,12-13,17H,5,7-8,11,14,24H2,(H,27,30). The zero-order valence-electron chi connectivity index (χ0n) is 16.5. The van der Waals surface area contributed by atoms with Gasteiger partial charge in [-0.15, -0.1) is 0 Å². The average Bonchev–Trinajstić information content (AvgIpc) is 3.24. The van der Waals surface area contributed by atoms with Crippen LogP contribution in [0.2, 0.25) is 0 Å². The Kier molecular flexibility index (Phi) is 5.94. The van der Waals surface area contributed by atoms with Crippen LogP contribution in [0.15, 0.2) is 55.0 Å². The highest BCUT2D eigenvalue weighted by molar-refractivity contribution is 5.95. The van der Waals surface area contributed by atoms with Gasteiger partial charge in [-0.25, -0.2) is 14.4 Å². The molecule has 3 aromatic rings. The maximum Gasteiger partial charge on any atom is 0.254 e. The predicted molar refractivity (Wildman–Crippen MR) is 113 cm³/mol. The first-order valence-corrected chi connectivity index (χ1v) is 9.92. The Morgan fingerprint density at radius 3 is 2.97 bits per heavy atom. The quantitative estimate of drug-likeness (QED) is 0.651. The van der Waals surface area contributed by atoms with E-state index < -0.39 is 11.7 Å². The molecule has 3 heterocycles. The van der Waals surface area contributed by atoms with Crippen LogP contribution in [0.25, 0.3) is 11.3 Å². The Balaban J connectivity index is 1.43. The second-order valence-electron chi connectivity index (χ2n) is 7.24. The molecular formula is C22H23FN6O. The molecule has 3 N–H and O–H groups in total. The van der Waals surface area contributed by atoms with Crippen molar-refractivity contribution in [1.82, 2.24) is 20.3 Å². The Labute approximate surface area is 174 Å². The van der Waals surface area contributed by atoms with Gasteiger partial charge < -0.3 is 16.0 Å². The first kappa shape index (κ1) is 19.9. The highest BCUT2D eigenvalue weighted by Crippen LogP contribution is 2.21. The summed E-state index contributed by atoms with van der Waals surface area (Å²) in [6.45, 7) is 1.71. The van der Waals surface area contributed by atoms with Crippen LogP contribution in [0.3, 0.4) is 0 Å². The average molecular weight is 406 g/mol. The topological polar surface area (TPSA) is 97.0 Å². The van der Waals surface area contributed by atoms with E-state index in [1.165, 1.54) is 6.07 Å². The van der Waals surface area contributed by atoms with Crippen LogP contribution in [-0.2, 0) is 6.42 Å². The number of anilines is 1. The van der Waals surface area contributed by atoms with Gasteiger partial charge in [-0.2, -0.15) is 0 Å². The first-order valence-electron chi connectivity index (χ1n) is 9.92. The molecule has 4 rings (SSSR count). The van der Waals surface area contributed by atoms with Gasteiger partial charge in [-0.3, -0.25) is 9.78 Å². The zero-order chi connectivity index (χ0) is 20.9. The number of carbonyl (C=O) groups is 1. The SMILES string of the molecule is NCCc1ccc(F)c(C(=O)NC2CCN(c3nccc(-c4cccnc4)n3)C2)c1. The molecule has 1 amide bonds. The molecule has 1 aliphatic heterocycles. The van der Waals surface area contributed by atoms with E-state index in [1.54, 1.807) is 30.7 Å². The number of carbonyl (C=O) groups excluding carboxylic acids is 1. The summed E-state index contributed by atoms with van der Waals surface area (Å²) < 4.78 is 14.2. The molecule has 0 aliphatic carbocycles. The molecule has 0 bridgehead atoms. The maximum atomic E-state index is 14.2. The number of nitrogens with one attached hydrogen (secondary N) is 1. The van der Waals surface area contributed by atoms with Crippen molar-refractivity contribution in [1.29, 1.82) is 0 Å². The molecule has 8 heteroatoms. The fourth-order valence-electron chi connectivity index (χ4n) is 3.57. The van der Waals surface area contributed by atoms with Gasteiger partial charge in [0.2, 0.25) is 5.95 Å². The van der Waals surface area contributed by atoms with E-state index in [1.807, 2.05) is 23.1 Å². The second kappa shape index (κ2) is 8.96. The monoisotopic (exact) mass is 406 g/mol. The van der Waals surface area contributed by atoms with Gasteiger partial charge in [0.1, 0.15) is 5.82 Å². The molecule has 7 nitrogen and oxygen atoms in total. The number of nitrogens with zero attached hydrogens (tertiary/aromatic N) is 4. The van der Waals surface area contributed by atoms with Gasteiger partial charge >= 0.3 is 0 Å².